The number of fused-ring (bicyclic) bond motifs is 1. The van der Waals surface area contributed by atoms with Gasteiger partial charge in [-0.25, -0.2) is 9.97 Å². The summed E-state index contributed by atoms with van der Waals surface area (Å²) in [6.07, 6.45) is 0.0934. The number of alkyl halides is 3. The number of hydrogen-bond donors (Lipinski definition) is 2. The fraction of sp³-hybridized carbons (Fsp3) is 0.312. The van der Waals surface area contributed by atoms with Crippen molar-refractivity contribution < 1.29 is 27.5 Å². The largest absolute Gasteiger partial charge is 0.573 e. The number of aromatic nitrogens is 2. The molecule has 1 aromatic heterocycles. The summed E-state index contributed by atoms with van der Waals surface area (Å²) < 4.78 is 42.6. The number of carbonyl (C=O) groups is 2. The van der Waals surface area contributed by atoms with Gasteiger partial charge >= 0.3 is 6.36 Å². The van der Waals surface area contributed by atoms with Crippen LogP contribution in [0.15, 0.2) is 60.7 Å². The molecule has 44 heavy (non-hydrogen) atoms. The van der Waals surface area contributed by atoms with E-state index in [0.29, 0.717) is 22.6 Å². The van der Waals surface area contributed by atoms with E-state index in [2.05, 4.69) is 30.2 Å². The van der Waals surface area contributed by atoms with Crippen LogP contribution in [0.2, 0.25) is 5.02 Å². The van der Waals surface area contributed by atoms with Crippen LogP contribution >= 0.6 is 11.6 Å². The minimum atomic E-state index is -4.83. The minimum absolute atomic E-state index is 0.0261. The van der Waals surface area contributed by atoms with Crippen LogP contribution in [0.5, 0.6) is 5.75 Å². The topological polar surface area (TPSA) is 96.5 Å². The van der Waals surface area contributed by atoms with Crippen molar-refractivity contribution in [1.82, 2.24) is 15.3 Å². The number of hydrogen-bond acceptors (Lipinski definition) is 6. The van der Waals surface area contributed by atoms with Crippen molar-refractivity contribution in [3.05, 3.63) is 76.8 Å². The number of anilines is 2. The summed E-state index contributed by atoms with van der Waals surface area (Å²) in [7, 11) is 0. The molecule has 0 bridgehead atoms. The lowest BCUT2D eigenvalue weighted by molar-refractivity contribution is -0.274. The highest BCUT2D eigenvalue weighted by Crippen LogP contribution is 2.33. The van der Waals surface area contributed by atoms with E-state index in [4.69, 9.17) is 11.6 Å². The number of carbonyl (C=O) groups excluding carboxylic acids is 2. The average molecular weight is 624 g/mol. The second kappa shape index (κ2) is 12.3. The first-order chi connectivity index (χ1) is 21.1. The first-order valence-electron chi connectivity index (χ1n) is 14.4. The van der Waals surface area contributed by atoms with Crippen LogP contribution in [0.3, 0.4) is 0 Å². The molecule has 6 rings (SSSR count). The molecule has 0 radical (unpaired) electrons. The third-order valence-corrected chi connectivity index (χ3v) is 8.21. The van der Waals surface area contributed by atoms with Gasteiger partial charge in [-0.2, -0.15) is 0 Å². The molecular formula is C32H29ClF3N5O3. The molecule has 1 aliphatic heterocycles. The van der Waals surface area contributed by atoms with Crippen molar-refractivity contribution in [2.75, 3.05) is 23.3 Å². The van der Waals surface area contributed by atoms with Gasteiger partial charge in [-0.05, 0) is 67.3 Å². The summed E-state index contributed by atoms with van der Waals surface area (Å²) in [6, 6.07) is 15.8. The molecule has 0 spiro atoms. The van der Waals surface area contributed by atoms with E-state index in [1.165, 1.54) is 18.2 Å². The summed E-state index contributed by atoms with van der Waals surface area (Å²) >= 11 is 6.38. The Morgan fingerprint density at radius 1 is 0.977 bits per heavy atom. The van der Waals surface area contributed by atoms with Gasteiger partial charge in [0.05, 0.1) is 16.1 Å². The summed E-state index contributed by atoms with van der Waals surface area (Å²) in [6.45, 7) is 1.87. The van der Waals surface area contributed by atoms with Gasteiger partial charge in [-0.15, -0.1) is 13.2 Å². The van der Waals surface area contributed by atoms with Crippen LogP contribution in [0, 0.1) is 5.92 Å². The Labute approximate surface area is 256 Å². The van der Waals surface area contributed by atoms with E-state index < -0.39 is 12.3 Å². The third kappa shape index (κ3) is 6.72. The molecule has 2 aliphatic rings. The highest BCUT2D eigenvalue weighted by atomic mass is 35.5. The minimum Gasteiger partial charge on any atom is -0.406 e. The molecule has 2 fully saturated rings. The molecule has 1 aliphatic carbocycles. The lowest BCUT2D eigenvalue weighted by atomic mass is 10.1. The van der Waals surface area contributed by atoms with E-state index in [9.17, 15) is 22.8 Å². The Balaban J connectivity index is 1.25. The molecule has 228 valence electrons. The van der Waals surface area contributed by atoms with Crippen molar-refractivity contribution in [1.29, 1.82) is 0 Å². The van der Waals surface area contributed by atoms with Gasteiger partial charge in [0.1, 0.15) is 11.6 Å². The maximum absolute atomic E-state index is 13.3. The molecule has 0 unspecified atom stereocenters. The highest BCUT2D eigenvalue weighted by molar-refractivity contribution is 6.34. The number of rotatable bonds is 8. The van der Waals surface area contributed by atoms with Crippen molar-refractivity contribution in [2.24, 2.45) is 5.92 Å². The number of halogens is 4. The first kappa shape index (κ1) is 29.7. The normalized spacial score (nSPS) is 15.2. The molecule has 3 aromatic carbocycles. The van der Waals surface area contributed by atoms with Crippen LogP contribution in [0.25, 0.3) is 22.3 Å². The van der Waals surface area contributed by atoms with Gasteiger partial charge in [0.15, 0.2) is 5.82 Å². The van der Waals surface area contributed by atoms with Crippen LogP contribution in [0.1, 0.15) is 48.0 Å². The molecule has 1 saturated heterocycles. The summed E-state index contributed by atoms with van der Waals surface area (Å²) in [5.41, 5.74) is 2.31. The van der Waals surface area contributed by atoms with Crippen LogP contribution in [-0.4, -0.2) is 41.2 Å². The molecular weight excluding hydrogens is 595 g/mol. The smallest absolute Gasteiger partial charge is 0.406 e. The van der Waals surface area contributed by atoms with Crippen LogP contribution in [-0.2, 0) is 11.3 Å². The van der Waals surface area contributed by atoms with Gasteiger partial charge in [0.25, 0.3) is 5.91 Å². The van der Waals surface area contributed by atoms with Gasteiger partial charge in [0.2, 0.25) is 5.91 Å². The number of ether oxygens (including phenoxy) is 1. The number of nitrogens with zero attached hydrogens (tertiary/aromatic N) is 3. The van der Waals surface area contributed by atoms with Gasteiger partial charge in [-0.1, -0.05) is 42.6 Å². The average Bonchev–Trinajstić information content (AvgIpc) is 3.50. The quantitative estimate of drug-likeness (QED) is 0.217. The molecule has 0 atom stereocenters. The predicted molar refractivity (Wildman–Crippen MR) is 162 cm³/mol. The first-order valence-corrected chi connectivity index (χ1v) is 14.8. The summed E-state index contributed by atoms with van der Waals surface area (Å²) in [5.74, 6) is 0.145. The molecule has 2 heterocycles. The zero-order chi connectivity index (χ0) is 30.8. The lowest BCUT2D eigenvalue weighted by Crippen LogP contribution is -2.37. The Morgan fingerprint density at radius 3 is 2.50 bits per heavy atom. The van der Waals surface area contributed by atoms with Crippen molar-refractivity contribution >= 4 is 45.8 Å². The zero-order valence-corrected chi connectivity index (χ0v) is 24.3. The fourth-order valence-corrected chi connectivity index (χ4v) is 5.70. The van der Waals surface area contributed by atoms with E-state index in [1.54, 1.807) is 36.4 Å². The van der Waals surface area contributed by atoms with Gasteiger partial charge in [-0.3, -0.25) is 9.59 Å². The Hall–Kier alpha value is -4.38. The molecule has 4 aromatic rings. The van der Waals surface area contributed by atoms with Crippen LogP contribution in [0.4, 0.5) is 24.7 Å². The van der Waals surface area contributed by atoms with Crippen molar-refractivity contribution in [3.8, 4) is 17.1 Å². The summed E-state index contributed by atoms with van der Waals surface area (Å²) in [4.78, 5) is 37.2. The van der Waals surface area contributed by atoms with E-state index >= 15 is 0 Å². The molecule has 8 nitrogen and oxygen atoms in total. The molecule has 2 N–H and O–H groups in total. The standard InChI is InChI=1S/C32H29ClF3N5O3/c33-26-12-9-19(18-37-30(42)20-5-1-2-6-20)15-25(26)31(43)38-22-10-11-24-27(17-22)39-28(40-29(24)41-13-4-14-41)21-7-3-8-23(16-21)44-32(34,35)36/h3,7-12,15-17,20H,1-2,4-6,13-14,18H2,(H,37,42)(H,38,43). The SMILES string of the molecule is O=C(Nc1ccc2c(N3CCC3)nc(-c3cccc(OC(F)(F)F)c3)nc2c1)c1cc(CNC(=O)C2CCCC2)ccc1Cl. The number of benzene rings is 3. The Bertz CT molecular complexity index is 1720. The maximum Gasteiger partial charge on any atom is 0.573 e. The fourth-order valence-electron chi connectivity index (χ4n) is 5.50. The van der Waals surface area contributed by atoms with Crippen molar-refractivity contribution in [3.63, 3.8) is 0 Å². The van der Waals surface area contributed by atoms with E-state index in [0.717, 1.165) is 56.1 Å². The monoisotopic (exact) mass is 623 g/mol. The van der Waals surface area contributed by atoms with Gasteiger partial charge in [0, 0.05) is 42.2 Å². The van der Waals surface area contributed by atoms with Gasteiger partial charge < -0.3 is 20.3 Å². The lowest BCUT2D eigenvalue weighted by Gasteiger charge is -2.33. The predicted octanol–water partition coefficient (Wildman–Crippen LogP) is 7.12. The second-order valence-electron chi connectivity index (χ2n) is 11.0. The van der Waals surface area contributed by atoms with Crippen LogP contribution < -0.4 is 20.3 Å². The molecule has 1 saturated carbocycles. The second-order valence-corrected chi connectivity index (χ2v) is 11.4. The highest BCUT2D eigenvalue weighted by Gasteiger charge is 2.31. The van der Waals surface area contributed by atoms with E-state index in [1.807, 2.05) is 6.07 Å². The molecule has 12 heteroatoms. The maximum atomic E-state index is 13.3. The third-order valence-electron chi connectivity index (χ3n) is 7.88. The number of nitrogens with one attached hydrogen (secondary N) is 2. The Morgan fingerprint density at radius 2 is 1.77 bits per heavy atom. The summed E-state index contributed by atoms with van der Waals surface area (Å²) in [5, 5.41) is 6.83. The Kier molecular flexibility index (Phi) is 8.31. The van der Waals surface area contributed by atoms with E-state index in [-0.39, 0.29) is 40.5 Å². The molecule has 2 amide bonds. The van der Waals surface area contributed by atoms with Crippen molar-refractivity contribution in [2.45, 2.75) is 45.0 Å². The number of amides is 2. The zero-order valence-electron chi connectivity index (χ0n) is 23.6.